The number of aryl methyl sites for hydroxylation is 2. The second-order valence-electron chi connectivity index (χ2n) is 5.01. The quantitative estimate of drug-likeness (QED) is 0.857. The number of benzene rings is 1. The Kier molecular flexibility index (Phi) is 3.54. The average Bonchev–Trinajstić information content (AvgIpc) is 2.92. The van der Waals surface area contributed by atoms with E-state index < -0.39 is 0 Å². The normalized spacial score (nSPS) is 14.2. The molecule has 2 aromatic rings. The minimum atomic E-state index is 0.249. The van der Waals surface area contributed by atoms with E-state index in [1.165, 1.54) is 0 Å². The average molecular weight is 270 g/mol. The van der Waals surface area contributed by atoms with E-state index in [2.05, 4.69) is 16.5 Å². The number of fused-ring (bicyclic) bond motifs is 1. The SMILES string of the molecule is CCn1ccnc1COc1ccc2c(c1)CCCC2=O. The number of carbonyl (C=O) groups is 1. The van der Waals surface area contributed by atoms with Gasteiger partial charge in [0.2, 0.25) is 0 Å². The highest BCUT2D eigenvalue weighted by Crippen LogP contribution is 2.25. The number of Topliss-reactive ketones (excluding diaryl/α,β-unsaturated/α-hetero) is 1. The summed E-state index contributed by atoms with van der Waals surface area (Å²) < 4.78 is 7.86. The molecule has 1 aliphatic carbocycles. The Bertz CT molecular complexity index is 631. The van der Waals surface area contributed by atoms with Crippen LogP contribution in [0.2, 0.25) is 0 Å². The van der Waals surface area contributed by atoms with Crippen LogP contribution in [0.4, 0.5) is 0 Å². The fourth-order valence-corrected chi connectivity index (χ4v) is 2.63. The number of ketones is 1. The van der Waals surface area contributed by atoms with Gasteiger partial charge in [0.05, 0.1) is 0 Å². The van der Waals surface area contributed by atoms with Crippen molar-refractivity contribution in [3.63, 3.8) is 0 Å². The van der Waals surface area contributed by atoms with Gasteiger partial charge < -0.3 is 9.30 Å². The summed E-state index contributed by atoms with van der Waals surface area (Å²) in [6.45, 7) is 3.42. The molecule has 0 bridgehead atoms. The lowest BCUT2D eigenvalue weighted by atomic mass is 9.91. The second kappa shape index (κ2) is 5.49. The van der Waals surface area contributed by atoms with Crippen LogP contribution in [-0.4, -0.2) is 15.3 Å². The maximum atomic E-state index is 11.8. The smallest absolute Gasteiger partial charge is 0.163 e. The van der Waals surface area contributed by atoms with Gasteiger partial charge in [-0.2, -0.15) is 0 Å². The molecule has 1 heterocycles. The van der Waals surface area contributed by atoms with E-state index in [0.717, 1.165) is 42.1 Å². The summed E-state index contributed by atoms with van der Waals surface area (Å²) in [7, 11) is 0. The monoisotopic (exact) mass is 270 g/mol. The Morgan fingerprint density at radius 2 is 2.25 bits per heavy atom. The van der Waals surface area contributed by atoms with Crippen LogP contribution in [-0.2, 0) is 19.6 Å². The van der Waals surface area contributed by atoms with Crippen LogP contribution in [0.15, 0.2) is 30.6 Å². The lowest BCUT2D eigenvalue weighted by Gasteiger charge is -2.16. The van der Waals surface area contributed by atoms with Gasteiger partial charge in [-0.25, -0.2) is 4.98 Å². The van der Waals surface area contributed by atoms with Gasteiger partial charge in [0.1, 0.15) is 18.2 Å². The van der Waals surface area contributed by atoms with Gasteiger partial charge in [-0.05, 0) is 43.5 Å². The molecule has 1 aromatic carbocycles. The Morgan fingerprint density at radius 1 is 1.35 bits per heavy atom. The van der Waals surface area contributed by atoms with Gasteiger partial charge in [0, 0.05) is 30.9 Å². The first kappa shape index (κ1) is 12.9. The molecular formula is C16H18N2O2. The molecule has 0 aliphatic heterocycles. The third-order valence-electron chi connectivity index (χ3n) is 3.74. The third kappa shape index (κ3) is 2.46. The van der Waals surface area contributed by atoms with Crippen LogP contribution in [0.3, 0.4) is 0 Å². The second-order valence-corrected chi connectivity index (χ2v) is 5.01. The standard InChI is InChI=1S/C16H18N2O2/c1-2-18-9-8-17-16(18)11-20-13-6-7-14-12(10-13)4-3-5-15(14)19/h6-10H,2-5,11H2,1H3. The molecule has 0 fully saturated rings. The maximum Gasteiger partial charge on any atom is 0.163 e. The van der Waals surface area contributed by atoms with Gasteiger partial charge in [0.25, 0.3) is 0 Å². The molecule has 3 rings (SSSR count). The predicted molar refractivity (Wildman–Crippen MR) is 75.9 cm³/mol. The molecule has 4 nitrogen and oxygen atoms in total. The van der Waals surface area contributed by atoms with Gasteiger partial charge in [0.15, 0.2) is 5.78 Å². The van der Waals surface area contributed by atoms with Crippen LogP contribution in [0.25, 0.3) is 0 Å². The van der Waals surface area contributed by atoms with Gasteiger partial charge in [-0.1, -0.05) is 0 Å². The molecule has 20 heavy (non-hydrogen) atoms. The summed E-state index contributed by atoms with van der Waals surface area (Å²) in [4.78, 5) is 16.1. The molecule has 1 aromatic heterocycles. The number of hydrogen-bond donors (Lipinski definition) is 0. The number of ether oxygens (including phenoxy) is 1. The summed E-state index contributed by atoms with van der Waals surface area (Å²) >= 11 is 0. The number of imidazole rings is 1. The third-order valence-corrected chi connectivity index (χ3v) is 3.74. The molecule has 4 heteroatoms. The zero-order chi connectivity index (χ0) is 13.9. The Hall–Kier alpha value is -2.10. The number of hydrogen-bond acceptors (Lipinski definition) is 3. The summed E-state index contributed by atoms with van der Waals surface area (Å²) in [6.07, 6.45) is 6.30. The topological polar surface area (TPSA) is 44.1 Å². The first-order chi connectivity index (χ1) is 9.78. The minimum absolute atomic E-state index is 0.249. The van der Waals surface area contributed by atoms with Crippen LogP contribution < -0.4 is 4.74 Å². The number of rotatable bonds is 4. The highest BCUT2D eigenvalue weighted by molar-refractivity contribution is 5.98. The molecular weight excluding hydrogens is 252 g/mol. The van der Waals surface area contributed by atoms with E-state index in [9.17, 15) is 4.79 Å². The summed E-state index contributed by atoms with van der Waals surface area (Å²) in [6, 6.07) is 5.76. The first-order valence-electron chi connectivity index (χ1n) is 7.07. The lowest BCUT2D eigenvalue weighted by molar-refractivity contribution is 0.0972. The fraction of sp³-hybridized carbons (Fsp3) is 0.375. The summed E-state index contributed by atoms with van der Waals surface area (Å²) in [5, 5.41) is 0. The fourth-order valence-electron chi connectivity index (χ4n) is 2.63. The molecule has 0 N–H and O–H groups in total. The molecule has 0 saturated carbocycles. The molecule has 1 aliphatic rings. The summed E-state index contributed by atoms with van der Waals surface area (Å²) in [5.41, 5.74) is 1.97. The van der Waals surface area contributed by atoms with Crippen LogP contribution in [0.1, 0.15) is 41.5 Å². The lowest BCUT2D eigenvalue weighted by Crippen LogP contribution is -2.11. The molecule has 0 saturated heterocycles. The van der Waals surface area contributed by atoms with E-state index in [1.54, 1.807) is 6.20 Å². The first-order valence-corrected chi connectivity index (χ1v) is 7.07. The van der Waals surface area contributed by atoms with Gasteiger partial charge in [-0.15, -0.1) is 0 Å². The Balaban J connectivity index is 1.74. The van der Waals surface area contributed by atoms with E-state index in [1.807, 2.05) is 24.4 Å². The molecule has 0 spiro atoms. The van der Waals surface area contributed by atoms with Gasteiger partial charge in [-0.3, -0.25) is 4.79 Å². The Morgan fingerprint density at radius 3 is 3.10 bits per heavy atom. The van der Waals surface area contributed by atoms with Crippen molar-refractivity contribution in [1.29, 1.82) is 0 Å². The zero-order valence-electron chi connectivity index (χ0n) is 11.6. The van der Waals surface area contributed by atoms with Crippen molar-refractivity contribution in [2.45, 2.75) is 39.3 Å². The molecule has 0 radical (unpaired) electrons. The minimum Gasteiger partial charge on any atom is -0.486 e. The van der Waals surface area contributed by atoms with Gasteiger partial charge >= 0.3 is 0 Å². The number of nitrogens with zero attached hydrogens (tertiary/aromatic N) is 2. The predicted octanol–water partition coefficient (Wildman–Crippen LogP) is 3.00. The van der Waals surface area contributed by atoms with Crippen molar-refractivity contribution in [2.75, 3.05) is 0 Å². The molecule has 0 atom stereocenters. The molecule has 0 unspecified atom stereocenters. The van der Waals surface area contributed by atoms with Crippen molar-refractivity contribution in [3.8, 4) is 5.75 Å². The summed E-state index contributed by atoms with van der Waals surface area (Å²) in [5.74, 6) is 1.98. The van der Waals surface area contributed by atoms with Crippen LogP contribution >= 0.6 is 0 Å². The van der Waals surface area contributed by atoms with Crippen LogP contribution in [0.5, 0.6) is 5.75 Å². The maximum absolute atomic E-state index is 11.8. The van der Waals surface area contributed by atoms with Crippen molar-refractivity contribution < 1.29 is 9.53 Å². The van der Waals surface area contributed by atoms with E-state index in [-0.39, 0.29) is 5.78 Å². The zero-order valence-corrected chi connectivity index (χ0v) is 11.6. The van der Waals surface area contributed by atoms with E-state index in [0.29, 0.717) is 13.0 Å². The van der Waals surface area contributed by atoms with Crippen molar-refractivity contribution in [1.82, 2.24) is 9.55 Å². The Labute approximate surface area is 118 Å². The van der Waals surface area contributed by atoms with Crippen LogP contribution in [0, 0.1) is 0 Å². The highest BCUT2D eigenvalue weighted by atomic mass is 16.5. The molecule has 104 valence electrons. The highest BCUT2D eigenvalue weighted by Gasteiger charge is 2.17. The van der Waals surface area contributed by atoms with Crippen molar-refractivity contribution >= 4 is 5.78 Å². The van der Waals surface area contributed by atoms with E-state index >= 15 is 0 Å². The molecule has 0 amide bonds. The van der Waals surface area contributed by atoms with Crippen molar-refractivity contribution in [2.24, 2.45) is 0 Å². The van der Waals surface area contributed by atoms with Crippen molar-refractivity contribution in [3.05, 3.63) is 47.5 Å². The largest absolute Gasteiger partial charge is 0.486 e. The van der Waals surface area contributed by atoms with E-state index in [4.69, 9.17) is 4.74 Å². The number of carbonyl (C=O) groups excluding carboxylic acids is 1. The number of aromatic nitrogens is 2.